The molecule has 0 aliphatic rings. The molecule has 0 amide bonds. The highest BCUT2D eigenvalue weighted by atomic mass is 35.5. The summed E-state index contributed by atoms with van der Waals surface area (Å²) in [5.74, 6) is 0. The second kappa shape index (κ2) is 6.53. The lowest BCUT2D eigenvalue weighted by Crippen LogP contribution is -2.18. The van der Waals surface area contributed by atoms with E-state index in [0.717, 1.165) is 21.7 Å². The van der Waals surface area contributed by atoms with Gasteiger partial charge >= 0.3 is 0 Å². The molecule has 0 unspecified atom stereocenters. The summed E-state index contributed by atoms with van der Waals surface area (Å²) in [7, 11) is 0. The van der Waals surface area contributed by atoms with Crippen molar-refractivity contribution in [3.63, 3.8) is 0 Å². The summed E-state index contributed by atoms with van der Waals surface area (Å²) in [5, 5.41) is 9.50. The predicted molar refractivity (Wildman–Crippen MR) is 80.3 cm³/mol. The van der Waals surface area contributed by atoms with Crippen LogP contribution in [0.3, 0.4) is 0 Å². The zero-order valence-corrected chi connectivity index (χ0v) is 11.4. The van der Waals surface area contributed by atoms with E-state index < -0.39 is 0 Å². The van der Waals surface area contributed by atoms with Gasteiger partial charge in [-0.15, -0.1) is 0 Å². The summed E-state index contributed by atoms with van der Waals surface area (Å²) in [6.45, 7) is 1.87. The van der Waals surface area contributed by atoms with Crippen LogP contribution < -0.4 is 5.48 Å². The fraction of sp³-hybridized carbons (Fsp3) is 0.125. The van der Waals surface area contributed by atoms with Crippen molar-refractivity contribution in [1.29, 1.82) is 0 Å². The Labute approximate surface area is 118 Å². The van der Waals surface area contributed by atoms with Gasteiger partial charge in [0.25, 0.3) is 0 Å². The van der Waals surface area contributed by atoms with Crippen LogP contribution in [0.1, 0.15) is 12.5 Å². The van der Waals surface area contributed by atoms with Crippen LogP contribution in [0.5, 0.6) is 0 Å². The fourth-order valence-electron chi connectivity index (χ4n) is 1.76. The molecule has 2 rings (SSSR count). The molecule has 98 valence electrons. The first-order chi connectivity index (χ1) is 9.19. The van der Waals surface area contributed by atoms with E-state index in [-0.39, 0.29) is 6.04 Å². The third kappa shape index (κ3) is 3.93. The molecule has 2 aromatic carbocycles. The zero-order valence-electron chi connectivity index (χ0n) is 10.7. The summed E-state index contributed by atoms with van der Waals surface area (Å²) in [6, 6.07) is 15.9. The van der Waals surface area contributed by atoms with Gasteiger partial charge in [0, 0.05) is 11.1 Å². The lowest BCUT2D eigenvalue weighted by molar-refractivity contribution is 0.150. The third-order valence-corrected chi connectivity index (χ3v) is 3.10. The summed E-state index contributed by atoms with van der Waals surface area (Å²) in [4.78, 5) is 0. The van der Waals surface area contributed by atoms with Crippen molar-refractivity contribution in [1.82, 2.24) is 5.48 Å². The average molecular weight is 274 g/mol. The predicted octanol–water partition coefficient (Wildman–Crippen LogP) is 4.39. The van der Waals surface area contributed by atoms with E-state index >= 15 is 0 Å². The molecule has 0 spiro atoms. The van der Waals surface area contributed by atoms with Crippen molar-refractivity contribution in [2.24, 2.45) is 0 Å². The second-order valence-corrected chi connectivity index (χ2v) is 4.85. The molecule has 0 saturated carbocycles. The van der Waals surface area contributed by atoms with Gasteiger partial charge in [0.2, 0.25) is 0 Å². The second-order valence-electron chi connectivity index (χ2n) is 4.41. The molecule has 2 aromatic rings. The van der Waals surface area contributed by atoms with Crippen LogP contribution in [0, 0.1) is 0 Å². The average Bonchev–Trinajstić information content (AvgIpc) is 2.46. The molecule has 1 atom stereocenters. The maximum Gasteiger partial charge on any atom is 0.0474 e. The third-order valence-electron chi connectivity index (χ3n) is 2.85. The Bertz CT molecular complexity index is 563. The molecule has 0 aliphatic carbocycles. The number of rotatable bonds is 4. The lowest BCUT2D eigenvalue weighted by Gasteiger charge is -2.04. The summed E-state index contributed by atoms with van der Waals surface area (Å²) in [6.07, 6.45) is 3.88. The highest BCUT2D eigenvalue weighted by Crippen LogP contribution is 2.22. The van der Waals surface area contributed by atoms with Gasteiger partial charge in [0.15, 0.2) is 0 Å². The quantitative estimate of drug-likeness (QED) is 0.810. The molecule has 0 saturated heterocycles. The number of hydrogen-bond donors (Lipinski definition) is 2. The van der Waals surface area contributed by atoms with Gasteiger partial charge in [-0.25, -0.2) is 0 Å². The van der Waals surface area contributed by atoms with Crippen molar-refractivity contribution in [3.8, 4) is 11.1 Å². The number of nitrogens with one attached hydrogen (secondary N) is 1. The summed E-state index contributed by atoms with van der Waals surface area (Å²) >= 11 is 5.89. The molecule has 3 heteroatoms. The topological polar surface area (TPSA) is 32.3 Å². The summed E-state index contributed by atoms with van der Waals surface area (Å²) in [5.41, 5.74) is 5.55. The Morgan fingerprint density at radius 1 is 1.11 bits per heavy atom. The molecule has 0 aliphatic heterocycles. The first-order valence-corrected chi connectivity index (χ1v) is 6.50. The van der Waals surface area contributed by atoms with Crippen molar-refractivity contribution in [2.45, 2.75) is 13.0 Å². The van der Waals surface area contributed by atoms with Crippen LogP contribution in [-0.2, 0) is 0 Å². The minimum absolute atomic E-state index is 0.0702. The van der Waals surface area contributed by atoms with Gasteiger partial charge in [0.1, 0.15) is 0 Å². The molecule has 0 bridgehead atoms. The number of hydroxylamine groups is 1. The van der Waals surface area contributed by atoms with Crippen LogP contribution in [0.25, 0.3) is 17.2 Å². The monoisotopic (exact) mass is 273 g/mol. The van der Waals surface area contributed by atoms with E-state index in [0.29, 0.717) is 0 Å². The Balaban J connectivity index is 2.24. The van der Waals surface area contributed by atoms with Gasteiger partial charge in [-0.05, 0) is 41.8 Å². The van der Waals surface area contributed by atoms with E-state index in [1.165, 1.54) is 0 Å². The SMILES string of the molecule is C[C@H](C=Cc1cccc(-c2ccc(Cl)cc2)c1)NO. The number of hydrogen-bond acceptors (Lipinski definition) is 2. The van der Waals surface area contributed by atoms with Gasteiger partial charge in [-0.3, -0.25) is 0 Å². The van der Waals surface area contributed by atoms with E-state index in [1.807, 2.05) is 55.5 Å². The normalized spacial score (nSPS) is 12.8. The van der Waals surface area contributed by atoms with Crippen LogP contribution in [0.2, 0.25) is 5.02 Å². The van der Waals surface area contributed by atoms with Crippen molar-refractivity contribution >= 4 is 17.7 Å². The molecule has 2 N–H and O–H groups in total. The Kier molecular flexibility index (Phi) is 4.74. The highest BCUT2D eigenvalue weighted by Gasteiger charge is 1.98. The zero-order chi connectivity index (χ0) is 13.7. The Morgan fingerprint density at radius 3 is 2.53 bits per heavy atom. The number of benzene rings is 2. The molecule has 0 aromatic heterocycles. The van der Waals surface area contributed by atoms with Gasteiger partial charge < -0.3 is 5.21 Å². The minimum atomic E-state index is -0.0702. The van der Waals surface area contributed by atoms with Gasteiger partial charge in [0.05, 0.1) is 0 Å². The minimum Gasteiger partial charge on any atom is -0.316 e. The van der Waals surface area contributed by atoms with E-state index in [2.05, 4.69) is 17.6 Å². The highest BCUT2D eigenvalue weighted by molar-refractivity contribution is 6.30. The molecule has 2 nitrogen and oxygen atoms in total. The van der Waals surface area contributed by atoms with Crippen LogP contribution >= 0.6 is 11.6 Å². The molecule has 0 fully saturated rings. The van der Waals surface area contributed by atoms with Crippen LogP contribution in [0.15, 0.2) is 54.6 Å². The molecule has 0 radical (unpaired) electrons. The van der Waals surface area contributed by atoms with E-state index in [4.69, 9.17) is 16.8 Å². The van der Waals surface area contributed by atoms with Crippen molar-refractivity contribution in [3.05, 3.63) is 65.2 Å². The molecule has 0 heterocycles. The summed E-state index contributed by atoms with van der Waals surface area (Å²) < 4.78 is 0. The standard InChI is InChI=1S/C16H16ClNO/c1-12(18-19)5-6-13-3-2-4-15(11-13)14-7-9-16(17)10-8-14/h2-12,18-19H,1H3/t12-/m1/s1. The van der Waals surface area contributed by atoms with Gasteiger partial charge in [-0.1, -0.05) is 54.1 Å². The molecular weight excluding hydrogens is 258 g/mol. The lowest BCUT2D eigenvalue weighted by atomic mass is 10.0. The van der Waals surface area contributed by atoms with Crippen LogP contribution in [0.4, 0.5) is 0 Å². The largest absolute Gasteiger partial charge is 0.316 e. The molecular formula is C16H16ClNO. The fourth-order valence-corrected chi connectivity index (χ4v) is 1.89. The van der Waals surface area contributed by atoms with Crippen LogP contribution in [-0.4, -0.2) is 11.2 Å². The van der Waals surface area contributed by atoms with E-state index in [9.17, 15) is 0 Å². The first-order valence-electron chi connectivity index (χ1n) is 6.13. The number of halogens is 1. The van der Waals surface area contributed by atoms with Gasteiger partial charge in [-0.2, -0.15) is 5.48 Å². The molecule has 19 heavy (non-hydrogen) atoms. The maximum atomic E-state index is 8.76. The maximum absolute atomic E-state index is 8.76. The van der Waals surface area contributed by atoms with Crippen molar-refractivity contribution < 1.29 is 5.21 Å². The van der Waals surface area contributed by atoms with E-state index in [1.54, 1.807) is 0 Å². The Hall–Kier alpha value is -1.61. The Morgan fingerprint density at radius 2 is 1.84 bits per heavy atom. The van der Waals surface area contributed by atoms with Crippen molar-refractivity contribution in [2.75, 3.05) is 0 Å². The smallest absolute Gasteiger partial charge is 0.0474 e. The first kappa shape index (κ1) is 13.8.